The summed E-state index contributed by atoms with van der Waals surface area (Å²) >= 11 is 0. The highest BCUT2D eigenvalue weighted by atomic mass is 16.2. The molecule has 1 amide bonds. The molecule has 0 aliphatic rings. The highest BCUT2D eigenvalue weighted by molar-refractivity contribution is 5.92. The number of nitrogens with one attached hydrogen (secondary N) is 1. The third-order valence-electron chi connectivity index (χ3n) is 3.34. The highest BCUT2D eigenvalue weighted by Gasteiger charge is 2.10. The summed E-state index contributed by atoms with van der Waals surface area (Å²) in [5.74, 6) is 0.0260. The van der Waals surface area contributed by atoms with Crippen molar-refractivity contribution in [2.45, 2.75) is 39.5 Å². The Morgan fingerprint density at radius 2 is 2.05 bits per heavy atom. The number of aryl methyl sites for hydroxylation is 1. The van der Waals surface area contributed by atoms with Gasteiger partial charge in [0.1, 0.15) is 0 Å². The standard InChI is InChI=1S/C17H25N3O/c1-3-12-20(13-8-4-7-11-18)14-17(21)19-16-10-6-5-9-15(16)2/h5-6,9-10H,3-4,7-8,12-14H2,1-2H3,(H,19,21). The van der Waals surface area contributed by atoms with Crippen LogP contribution in [0.2, 0.25) is 0 Å². The molecule has 1 N–H and O–H groups in total. The molecule has 0 saturated heterocycles. The van der Waals surface area contributed by atoms with Gasteiger partial charge in [0.25, 0.3) is 0 Å². The molecule has 1 aromatic carbocycles. The Hall–Kier alpha value is -1.86. The average Bonchev–Trinajstić information content (AvgIpc) is 2.46. The number of benzene rings is 1. The normalized spacial score (nSPS) is 10.4. The smallest absolute Gasteiger partial charge is 0.238 e. The van der Waals surface area contributed by atoms with Gasteiger partial charge in [-0.25, -0.2) is 0 Å². The molecule has 0 heterocycles. The SMILES string of the molecule is CCCN(CCCCC#N)CC(=O)Nc1ccccc1C. The molecule has 0 bridgehead atoms. The van der Waals surface area contributed by atoms with E-state index in [0.29, 0.717) is 13.0 Å². The van der Waals surface area contributed by atoms with Crippen LogP contribution >= 0.6 is 0 Å². The van der Waals surface area contributed by atoms with Crippen LogP contribution in [0.15, 0.2) is 24.3 Å². The molecule has 4 nitrogen and oxygen atoms in total. The van der Waals surface area contributed by atoms with Crippen LogP contribution in [0.3, 0.4) is 0 Å². The van der Waals surface area contributed by atoms with Gasteiger partial charge in [0.15, 0.2) is 0 Å². The quantitative estimate of drug-likeness (QED) is 0.709. The first-order valence-corrected chi connectivity index (χ1v) is 7.62. The molecule has 0 aromatic heterocycles. The fourth-order valence-electron chi connectivity index (χ4n) is 2.23. The van der Waals surface area contributed by atoms with Crippen molar-refractivity contribution in [3.05, 3.63) is 29.8 Å². The number of amides is 1. The van der Waals surface area contributed by atoms with Gasteiger partial charge in [0.05, 0.1) is 12.6 Å². The topological polar surface area (TPSA) is 56.1 Å². The Morgan fingerprint density at radius 3 is 2.71 bits per heavy atom. The number of unbranched alkanes of at least 4 members (excludes halogenated alkanes) is 2. The Bertz CT molecular complexity index is 479. The van der Waals surface area contributed by atoms with E-state index in [1.165, 1.54) is 0 Å². The second-order valence-electron chi connectivity index (χ2n) is 5.25. The number of hydrogen-bond acceptors (Lipinski definition) is 3. The highest BCUT2D eigenvalue weighted by Crippen LogP contribution is 2.13. The van der Waals surface area contributed by atoms with Gasteiger partial charge in [0.2, 0.25) is 5.91 Å². The van der Waals surface area contributed by atoms with Crippen LogP contribution in [0.1, 0.15) is 38.2 Å². The monoisotopic (exact) mass is 287 g/mol. The molecular weight excluding hydrogens is 262 g/mol. The van der Waals surface area contributed by atoms with Gasteiger partial charge in [-0.2, -0.15) is 5.26 Å². The summed E-state index contributed by atoms with van der Waals surface area (Å²) in [6.07, 6.45) is 3.48. The molecular formula is C17H25N3O. The van der Waals surface area contributed by atoms with E-state index >= 15 is 0 Å². The van der Waals surface area contributed by atoms with Gasteiger partial charge in [-0.3, -0.25) is 9.69 Å². The summed E-state index contributed by atoms with van der Waals surface area (Å²) in [7, 11) is 0. The first-order valence-electron chi connectivity index (χ1n) is 7.62. The predicted octanol–water partition coefficient (Wildman–Crippen LogP) is 3.34. The van der Waals surface area contributed by atoms with Crippen molar-refractivity contribution in [1.82, 2.24) is 4.90 Å². The molecule has 114 valence electrons. The molecule has 1 aromatic rings. The van der Waals surface area contributed by atoms with E-state index in [1.807, 2.05) is 31.2 Å². The molecule has 0 unspecified atom stereocenters. The maximum atomic E-state index is 12.1. The van der Waals surface area contributed by atoms with Crippen molar-refractivity contribution in [3.63, 3.8) is 0 Å². The molecule has 21 heavy (non-hydrogen) atoms. The molecule has 4 heteroatoms. The number of carbonyl (C=O) groups excluding carboxylic acids is 1. The molecule has 0 atom stereocenters. The van der Waals surface area contributed by atoms with Crippen molar-refractivity contribution in [2.75, 3.05) is 25.0 Å². The van der Waals surface area contributed by atoms with Crippen molar-refractivity contribution in [3.8, 4) is 6.07 Å². The molecule has 0 radical (unpaired) electrons. The zero-order valence-electron chi connectivity index (χ0n) is 13.1. The summed E-state index contributed by atoms with van der Waals surface area (Å²) in [6.45, 7) is 6.29. The summed E-state index contributed by atoms with van der Waals surface area (Å²) in [5, 5.41) is 11.5. The number of para-hydroxylation sites is 1. The van der Waals surface area contributed by atoms with E-state index in [2.05, 4.69) is 23.2 Å². The van der Waals surface area contributed by atoms with Crippen molar-refractivity contribution in [2.24, 2.45) is 0 Å². The second-order valence-corrected chi connectivity index (χ2v) is 5.25. The number of nitrogens with zero attached hydrogens (tertiary/aromatic N) is 2. The van der Waals surface area contributed by atoms with Gasteiger partial charge in [-0.1, -0.05) is 25.1 Å². The van der Waals surface area contributed by atoms with E-state index in [1.54, 1.807) is 0 Å². The van der Waals surface area contributed by atoms with Crippen molar-refractivity contribution < 1.29 is 4.79 Å². The number of rotatable bonds is 9. The van der Waals surface area contributed by atoms with Crippen LogP contribution in [-0.2, 0) is 4.79 Å². The minimum atomic E-state index is 0.0260. The third-order valence-corrected chi connectivity index (χ3v) is 3.34. The lowest BCUT2D eigenvalue weighted by molar-refractivity contribution is -0.117. The zero-order valence-corrected chi connectivity index (χ0v) is 13.1. The van der Waals surface area contributed by atoms with Crippen LogP contribution in [0.4, 0.5) is 5.69 Å². The lowest BCUT2D eigenvalue weighted by atomic mass is 10.2. The third kappa shape index (κ3) is 6.92. The Morgan fingerprint density at radius 1 is 1.29 bits per heavy atom. The van der Waals surface area contributed by atoms with Crippen LogP contribution in [0, 0.1) is 18.3 Å². The molecule has 0 aliphatic heterocycles. The fraction of sp³-hybridized carbons (Fsp3) is 0.529. The van der Waals surface area contributed by atoms with E-state index in [4.69, 9.17) is 5.26 Å². The first kappa shape index (κ1) is 17.2. The second kappa shape index (κ2) is 9.95. The Balaban J connectivity index is 2.44. The minimum Gasteiger partial charge on any atom is -0.325 e. The maximum Gasteiger partial charge on any atom is 0.238 e. The number of hydrogen-bond donors (Lipinski definition) is 1. The lowest BCUT2D eigenvalue weighted by Gasteiger charge is -2.21. The van der Waals surface area contributed by atoms with Crippen LogP contribution < -0.4 is 5.32 Å². The van der Waals surface area contributed by atoms with Crippen molar-refractivity contribution >= 4 is 11.6 Å². The molecule has 0 saturated carbocycles. The average molecular weight is 287 g/mol. The van der Waals surface area contributed by atoms with Gasteiger partial charge in [-0.05, 0) is 50.9 Å². The van der Waals surface area contributed by atoms with Gasteiger partial charge >= 0.3 is 0 Å². The molecule has 0 fully saturated rings. The van der Waals surface area contributed by atoms with Crippen LogP contribution in [0.25, 0.3) is 0 Å². The van der Waals surface area contributed by atoms with Gasteiger partial charge in [-0.15, -0.1) is 0 Å². The first-order chi connectivity index (χ1) is 10.2. The Kier molecular flexibility index (Phi) is 8.15. The van der Waals surface area contributed by atoms with Gasteiger partial charge < -0.3 is 5.32 Å². The summed E-state index contributed by atoms with van der Waals surface area (Å²) in [6, 6.07) is 9.95. The molecule has 1 rings (SSSR count). The fourth-order valence-corrected chi connectivity index (χ4v) is 2.23. The van der Waals surface area contributed by atoms with Gasteiger partial charge in [0, 0.05) is 12.1 Å². The number of nitriles is 1. The van der Waals surface area contributed by atoms with Crippen molar-refractivity contribution in [1.29, 1.82) is 5.26 Å². The van der Waals surface area contributed by atoms with Crippen LogP contribution in [0.5, 0.6) is 0 Å². The zero-order chi connectivity index (χ0) is 15.5. The van der Waals surface area contributed by atoms with E-state index < -0.39 is 0 Å². The van der Waals surface area contributed by atoms with Crippen LogP contribution in [-0.4, -0.2) is 30.4 Å². The number of anilines is 1. The maximum absolute atomic E-state index is 12.1. The van der Waals surface area contributed by atoms with E-state index in [0.717, 1.165) is 43.6 Å². The molecule has 0 spiro atoms. The van der Waals surface area contributed by atoms with E-state index in [-0.39, 0.29) is 5.91 Å². The largest absolute Gasteiger partial charge is 0.325 e. The van der Waals surface area contributed by atoms with E-state index in [9.17, 15) is 4.79 Å². The predicted molar refractivity (Wildman–Crippen MR) is 86.0 cm³/mol. The summed E-state index contributed by atoms with van der Waals surface area (Å²) < 4.78 is 0. The lowest BCUT2D eigenvalue weighted by Crippen LogP contribution is -2.34. The molecule has 0 aliphatic carbocycles. The number of carbonyl (C=O) groups is 1. The Labute approximate surface area is 127 Å². The summed E-state index contributed by atoms with van der Waals surface area (Å²) in [5.41, 5.74) is 1.95. The summed E-state index contributed by atoms with van der Waals surface area (Å²) in [4.78, 5) is 14.3. The minimum absolute atomic E-state index is 0.0260.